The molecule has 0 aliphatic carbocycles. The molecule has 0 atom stereocenters. The predicted molar refractivity (Wildman–Crippen MR) is 109 cm³/mol. The van der Waals surface area contributed by atoms with E-state index >= 15 is 0 Å². The molecule has 1 fully saturated rings. The first-order valence-corrected chi connectivity index (χ1v) is 10.9. The van der Waals surface area contributed by atoms with Gasteiger partial charge in [0, 0.05) is 37.4 Å². The second-order valence-electron chi connectivity index (χ2n) is 7.13. The van der Waals surface area contributed by atoms with Gasteiger partial charge in [-0.15, -0.1) is 0 Å². The van der Waals surface area contributed by atoms with Crippen LogP contribution in [0.4, 0.5) is 11.4 Å². The van der Waals surface area contributed by atoms with Crippen molar-refractivity contribution in [1.82, 2.24) is 10.0 Å². The number of hydrogen-bond acceptors (Lipinski definition) is 5. The van der Waals surface area contributed by atoms with E-state index in [1.54, 1.807) is 12.1 Å². The number of nitrogens with zero attached hydrogens (tertiary/aromatic N) is 1. The molecule has 2 aliphatic rings. The van der Waals surface area contributed by atoms with Crippen LogP contribution in [0.2, 0.25) is 0 Å². The van der Waals surface area contributed by atoms with Crippen LogP contribution in [0.25, 0.3) is 0 Å². The van der Waals surface area contributed by atoms with Gasteiger partial charge in [-0.05, 0) is 47.9 Å². The van der Waals surface area contributed by atoms with Crippen molar-refractivity contribution in [3.8, 4) is 0 Å². The number of amides is 2. The van der Waals surface area contributed by atoms with Crippen LogP contribution in [-0.4, -0.2) is 39.9 Å². The van der Waals surface area contributed by atoms with Crippen LogP contribution in [0, 0.1) is 0 Å². The van der Waals surface area contributed by atoms with Gasteiger partial charge in [0.15, 0.2) is 0 Å². The zero-order valence-electron chi connectivity index (χ0n) is 15.8. The van der Waals surface area contributed by atoms with Crippen LogP contribution in [0.5, 0.6) is 0 Å². The molecule has 2 heterocycles. The number of fused-ring (bicyclic) bond motifs is 1. The largest absolute Gasteiger partial charge is 0.360 e. The van der Waals surface area contributed by atoms with Crippen molar-refractivity contribution in [2.24, 2.45) is 0 Å². The van der Waals surface area contributed by atoms with E-state index < -0.39 is 10.0 Å². The Morgan fingerprint density at radius 3 is 2.55 bits per heavy atom. The molecule has 2 aromatic carbocycles. The van der Waals surface area contributed by atoms with E-state index in [-0.39, 0.29) is 23.3 Å². The maximum atomic E-state index is 12.7. The number of sulfonamides is 1. The van der Waals surface area contributed by atoms with Crippen molar-refractivity contribution in [3.63, 3.8) is 0 Å². The smallest absolute Gasteiger partial charge is 0.240 e. The average molecular weight is 414 g/mol. The van der Waals surface area contributed by atoms with Gasteiger partial charge >= 0.3 is 0 Å². The summed E-state index contributed by atoms with van der Waals surface area (Å²) in [6, 6.07) is 12.2. The van der Waals surface area contributed by atoms with Gasteiger partial charge < -0.3 is 15.5 Å². The Morgan fingerprint density at radius 2 is 1.79 bits per heavy atom. The molecule has 4 rings (SSSR count). The van der Waals surface area contributed by atoms with Crippen LogP contribution in [0.3, 0.4) is 0 Å². The molecule has 2 amide bonds. The third kappa shape index (κ3) is 4.41. The number of hydrogen-bond donors (Lipinski definition) is 3. The summed E-state index contributed by atoms with van der Waals surface area (Å²) in [6.07, 6.45) is 0.884. The van der Waals surface area contributed by atoms with E-state index in [4.69, 9.17) is 0 Å². The van der Waals surface area contributed by atoms with Gasteiger partial charge in [0.25, 0.3) is 0 Å². The number of rotatable bonds is 5. The third-order valence-corrected chi connectivity index (χ3v) is 6.49. The molecule has 0 spiro atoms. The first kappa shape index (κ1) is 19.4. The lowest BCUT2D eigenvalue weighted by Crippen LogP contribution is -2.47. The molecule has 0 saturated carbocycles. The van der Waals surface area contributed by atoms with Crippen molar-refractivity contribution in [1.29, 1.82) is 0 Å². The van der Waals surface area contributed by atoms with Crippen molar-refractivity contribution in [2.75, 3.05) is 29.9 Å². The number of nitrogens with one attached hydrogen (secondary N) is 3. The molecule has 2 aromatic rings. The molecule has 0 bridgehead atoms. The normalized spacial score (nSPS) is 16.8. The first-order valence-electron chi connectivity index (χ1n) is 9.44. The zero-order chi connectivity index (χ0) is 20.4. The summed E-state index contributed by atoms with van der Waals surface area (Å²) in [7, 11) is -3.67. The van der Waals surface area contributed by atoms with Crippen LogP contribution < -0.4 is 20.3 Å². The second kappa shape index (κ2) is 7.84. The Kier molecular flexibility index (Phi) is 5.25. The predicted octanol–water partition coefficient (Wildman–Crippen LogP) is 0.986. The molecule has 9 heteroatoms. The topological polar surface area (TPSA) is 108 Å². The van der Waals surface area contributed by atoms with Gasteiger partial charge in [0.1, 0.15) is 0 Å². The molecule has 8 nitrogen and oxygen atoms in total. The Bertz CT molecular complexity index is 1050. The van der Waals surface area contributed by atoms with Gasteiger partial charge in [-0.25, -0.2) is 13.1 Å². The van der Waals surface area contributed by atoms with E-state index in [1.165, 1.54) is 6.07 Å². The molecule has 0 unspecified atom stereocenters. The summed E-state index contributed by atoms with van der Waals surface area (Å²) in [6.45, 7) is 1.85. The highest BCUT2D eigenvalue weighted by Crippen LogP contribution is 2.25. The highest BCUT2D eigenvalue weighted by atomic mass is 32.2. The zero-order valence-corrected chi connectivity index (χ0v) is 16.6. The Morgan fingerprint density at radius 1 is 1.00 bits per heavy atom. The van der Waals surface area contributed by atoms with Gasteiger partial charge in [-0.2, -0.15) is 0 Å². The summed E-state index contributed by atoms with van der Waals surface area (Å²) < 4.78 is 27.9. The molecule has 3 N–H and O–H groups in total. The molecule has 0 radical (unpaired) electrons. The SMILES string of the molecule is O=C1CN(c2ccc(CNS(=O)(=O)c3ccc4c(c3)CCC(=O)N4)cc2)CCN1. The fraction of sp³-hybridized carbons (Fsp3) is 0.300. The van der Waals surface area contributed by atoms with Crippen molar-refractivity contribution in [2.45, 2.75) is 24.3 Å². The van der Waals surface area contributed by atoms with E-state index in [0.717, 1.165) is 23.4 Å². The van der Waals surface area contributed by atoms with Crippen molar-refractivity contribution >= 4 is 33.2 Å². The van der Waals surface area contributed by atoms with E-state index in [0.29, 0.717) is 31.6 Å². The molecule has 1 saturated heterocycles. The molecule has 29 heavy (non-hydrogen) atoms. The molecule has 2 aliphatic heterocycles. The lowest BCUT2D eigenvalue weighted by molar-refractivity contribution is -0.120. The number of carbonyl (C=O) groups is 2. The summed E-state index contributed by atoms with van der Waals surface area (Å²) >= 11 is 0. The monoisotopic (exact) mass is 414 g/mol. The van der Waals surface area contributed by atoms with Gasteiger partial charge in [0.2, 0.25) is 21.8 Å². The summed E-state index contributed by atoms with van der Waals surface area (Å²) in [5.41, 5.74) is 3.25. The fourth-order valence-corrected chi connectivity index (χ4v) is 4.54. The fourth-order valence-electron chi connectivity index (χ4n) is 3.47. The summed E-state index contributed by atoms with van der Waals surface area (Å²) in [5, 5.41) is 5.54. The van der Waals surface area contributed by atoms with Gasteiger partial charge in [0.05, 0.1) is 11.4 Å². The Hall–Kier alpha value is -2.91. The lowest BCUT2D eigenvalue weighted by atomic mass is 10.0. The standard InChI is InChI=1S/C20H22N4O4S/c25-19-8-3-15-11-17(6-7-18(15)23-19)29(27,28)22-12-14-1-4-16(5-2-14)24-10-9-21-20(26)13-24/h1-2,4-7,11,22H,3,8-10,12-13H2,(H,21,26)(H,23,25). The second-order valence-corrected chi connectivity index (χ2v) is 8.90. The molecule has 152 valence electrons. The molecular formula is C20H22N4O4S. The molecule has 0 aromatic heterocycles. The average Bonchev–Trinajstić information content (AvgIpc) is 2.72. The molecular weight excluding hydrogens is 392 g/mol. The number of piperazine rings is 1. The minimum Gasteiger partial charge on any atom is -0.360 e. The Balaban J connectivity index is 1.41. The summed E-state index contributed by atoms with van der Waals surface area (Å²) in [4.78, 5) is 25.1. The number of anilines is 2. The maximum Gasteiger partial charge on any atom is 0.240 e. The minimum atomic E-state index is -3.67. The number of benzene rings is 2. The van der Waals surface area contributed by atoms with Crippen LogP contribution in [0.1, 0.15) is 17.5 Å². The van der Waals surface area contributed by atoms with Crippen LogP contribution >= 0.6 is 0 Å². The number of carbonyl (C=O) groups excluding carboxylic acids is 2. The lowest BCUT2D eigenvalue weighted by Gasteiger charge is -2.28. The van der Waals surface area contributed by atoms with Gasteiger partial charge in [-0.1, -0.05) is 12.1 Å². The van der Waals surface area contributed by atoms with Crippen LogP contribution in [0.15, 0.2) is 47.4 Å². The van der Waals surface area contributed by atoms with E-state index in [2.05, 4.69) is 15.4 Å². The van der Waals surface area contributed by atoms with Crippen LogP contribution in [-0.2, 0) is 32.6 Å². The van der Waals surface area contributed by atoms with Crippen molar-refractivity contribution in [3.05, 3.63) is 53.6 Å². The quantitative estimate of drug-likeness (QED) is 0.676. The van der Waals surface area contributed by atoms with E-state index in [1.807, 2.05) is 29.2 Å². The van der Waals surface area contributed by atoms with E-state index in [9.17, 15) is 18.0 Å². The Labute approximate surface area is 169 Å². The first-order chi connectivity index (χ1) is 13.9. The van der Waals surface area contributed by atoms with Crippen molar-refractivity contribution < 1.29 is 18.0 Å². The summed E-state index contributed by atoms with van der Waals surface area (Å²) in [5.74, 6) is -0.0578. The van der Waals surface area contributed by atoms with Gasteiger partial charge in [-0.3, -0.25) is 9.59 Å². The maximum absolute atomic E-state index is 12.7. The number of aryl methyl sites for hydroxylation is 1. The minimum absolute atomic E-state index is 0.00213. The highest BCUT2D eigenvalue weighted by molar-refractivity contribution is 7.89. The third-order valence-electron chi connectivity index (χ3n) is 5.09. The highest BCUT2D eigenvalue weighted by Gasteiger charge is 2.20.